The average Bonchev–Trinajstić information content (AvgIpc) is 1.98. The molecule has 5 heteroatoms. The van der Waals surface area contributed by atoms with Gasteiger partial charge in [0.25, 0.3) is 0 Å². The third-order valence-electron chi connectivity index (χ3n) is 1.26. The first kappa shape index (κ1) is 10.3. The maximum absolute atomic E-state index is 5.39. The molecule has 0 aromatic carbocycles. The quantitative estimate of drug-likeness (QED) is 0.526. The molecule has 0 aliphatic rings. The molecule has 0 fully saturated rings. The van der Waals surface area contributed by atoms with E-state index >= 15 is 0 Å². The highest BCUT2D eigenvalue weighted by Crippen LogP contribution is 1.97. The van der Waals surface area contributed by atoms with Crippen molar-refractivity contribution in [3.8, 4) is 0 Å². The van der Waals surface area contributed by atoms with E-state index in [-0.39, 0.29) is 0 Å². The SMILES string of the molecule is CCO[SiH](CCCN)O[SiH3]. The summed E-state index contributed by atoms with van der Waals surface area (Å²) in [4.78, 5) is 0. The summed E-state index contributed by atoms with van der Waals surface area (Å²) in [5, 5.41) is 0. The second-order valence-electron chi connectivity index (χ2n) is 2.05. The molecule has 1 atom stereocenters. The topological polar surface area (TPSA) is 44.5 Å². The summed E-state index contributed by atoms with van der Waals surface area (Å²) in [6.07, 6.45) is 1.04. The van der Waals surface area contributed by atoms with Crippen LogP contribution in [-0.2, 0) is 8.54 Å². The van der Waals surface area contributed by atoms with E-state index < -0.39 is 9.28 Å². The highest BCUT2D eigenvalue weighted by Gasteiger charge is 2.07. The van der Waals surface area contributed by atoms with Gasteiger partial charge in [0, 0.05) is 6.61 Å². The van der Waals surface area contributed by atoms with Gasteiger partial charge in [-0.3, -0.25) is 0 Å². The van der Waals surface area contributed by atoms with Gasteiger partial charge in [0.15, 0.2) is 0 Å². The van der Waals surface area contributed by atoms with Crippen molar-refractivity contribution >= 4 is 19.8 Å². The highest BCUT2D eigenvalue weighted by molar-refractivity contribution is 6.48. The van der Waals surface area contributed by atoms with E-state index in [4.69, 9.17) is 14.3 Å². The van der Waals surface area contributed by atoms with Crippen molar-refractivity contribution in [2.24, 2.45) is 5.73 Å². The standard InChI is InChI=1S/C5H17NO2Si2/c1-2-7-10(8-9)5-3-4-6/h10H,2-6H2,1,9H3. The van der Waals surface area contributed by atoms with Gasteiger partial charge in [-0.25, -0.2) is 0 Å². The Morgan fingerprint density at radius 3 is 2.70 bits per heavy atom. The smallest absolute Gasteiger partial charge is 0.310 e. The van der Waals surface area contributed by atoms with E-state index in [2.05, 4.69) is 0 Å². The Hall–Kier alpha value is 0.314. The summed E-state index contributed by atoms with van der Waals surface area (Å²) in [6, 6.07) is 1.06. The lowest BCUT2D eigenvalue weighted by molar-refractivity contribution is 0.287. The second-order valence-corrected chi connectivity index (χ2v) is 5.71. The molecule has 0 radical (unpaired) electrons. The van der Waals surface area contributed by atoms with Gasteiger partial charge in [-0.2, -0.15) is 0 Å². The molecule has 0 aromatic heterocycles. The van der Waals surface area contributed by atoms with Gasteiger partial charge in [-0.15, -0.1) is 0 Å². The molecule has 10 heavy (non-hydrogen) atoms. The zero-order chi connectivity index (χ0) is 7.82. The molecule has 0 spiro atoms. The minimum Gasteiger partial charge on any atom is -0.447 e. The van der Waals surface area contributed by atoms with Gasteiger partial charge in [-0.05, 0) is 25.9 Å². The van der Waals surface area contributed by atoms with Crippen LogP contribution in [0.2, 0.25) is 6.04 Å². The Morgan fingerprint density at radius 2 is 2.30 bits per heavy atom. The van der Waals surface area contributed by atoms with Crippen molar-refractivity contribution in [2.75, 3.05) is 13.2 Å². The first-order valence-corrected chi connectivity index (χ1v) is 6.27. The van der Waals surface area contributed by atoms with Crippen molar-refractivity contribution in [2.45, 2.75) is 19.4 Å². The minimum absolute atomic E-state index is 0.751. The zero-order valence-electron chi connectivity index (χ0n) is 6.80. The summed E-state index contributed by atoms with van der Waals surface area (Å²) >= 11 is 0. The van der Waals surface area contributed by atoms with E-state index in [1.807, 2.05) is 6.92 Å². The van der Waals surface area contributed by atoms with Crippen molar-refractivity contribution in [1.29, 1.82) is 0 Å². The fourth-order valence-corrected chi connectivity index (χ4v) is 3.33. The Morgan fingerprint density at radius 1 is 1.60 bits per heavy atom. The predicted molar refractivity (Wildman–Crippen MR) is 48.3 cm³/mol. The predicted octanol–water partition coefficient (Wildman–Crippen LogP) is -1.11. The van der Waals surface area contributed by atoms with Gasteiger partial charge in [-0.1, -0.05) is 0 Å². The Kier molecular flexibility index (Phi) is 7.65. The molecule has 2 N–H and O–H groups in total. The third-order valence-corrected chi connectivity index (χ3v) is 4.95. The van der Waals surface area contributed by atoms with Crippen LogP contribution in [0.3, 0.4) is 0 Å². The van der Waals surface area contributed by atoms with Gasteiger partial charge in [0.2, 0.25) is 0 Å². The average molecular weight is 179 g/mol. The Bertz CT molecular complexity index is 74.7. The van der Waals surface area contributed by atoms with Crippen LogP contribution in [0.1, 0.15) is 13.3 Å². The maximum atomic E-state index is 5.39. The number of hydrogen-bond acceptors (Lipinski definition) is 3. The molecule has 0 rings (SSSR count). The molecule has 0 aromatic rings. The van der Waals surface area contributed by atoms with Gasteiger partial charge < -0.3 is 14.3 Å². The molecule has 3 nitrogen and oxygen atoms in total. The molecule has 0 bridgehead atoms. The van der Waals surface area contributed by atoms with E-state index in [1.54, 1.807) is 0 Å². The molecule has 0 amide bonds. The largest absolute Gasteiger partial charge is 0.447 e. The lowest BCUT2D eigenvalue weighted by atomic mass is 10.5. The minimum atomic E-state index is -1.25. The van der Waals surface area contributed by atoms with E-state index in [9.17, 15) is 0 Å². The molecule has 62 valence electrons. The number of rotatable bonds is 6. The van der Waals surface area contributed by atoms with Crippen molar-refractivity contribution in [1.82, 2.24) is 0 Å². The molecule has 0 heterocycles. The monoisotopic (exact) mass is 179 g/mol. The molecular formula is C5H17NO2Si2. The molecule has 0 aliphatic heterocycles. The normalized spacial score (nSPS) is 13.8. The molecule has 0 aliphatic carbocycles. The fraction of sp³-hybridized carbons (Fsp3) is 1.00. The second kappa shape index (κ2) is 7.42. The number of nitrogens with two attached hydrogens (primary N) is 1. The molecule has 0 saturated heterocycles. The van der Waals surface area contributed by atoms with Crippen LogP contribution in [0.15, 0.2) is 0 Å². The van der Waals surface area contributed by atoms with E-state index in [0.29, 0.717) is 0 Å². The van der Waals surface area contributed by atoms with Crippen molar-refractivity contribution in [3.05, 3.63) is 0 Å². The van der Waals surface area contributed by atoms with Crippen LogP contribution < -0.4 is 5.73 Å². The third kappa shape index (κ3) is 5.13. The molecular weight excluding hydrogens is 162 g/mol. The van der Waals surface area contributed by atoms with Crippen LogP contribution in [-0.4, -0.2) is 32.9 Å². The summed E-state index contributed by atoms with van der Waals surface area (Å²) in [7, 11) is -0.450. The summed E-state index contributed by atoms with van der Waals surface area (Å²) < 4.78 is 10.7. The van der Waals surface area contributed by atoms with Crippen molar-refractivity contribution < 1.29 is 8.54 Å². The zero-order valence-corrected chi connectivity index (χ0v) is 9.95. The van der Waals surface area contributed by atoms with E-state index in [0.717, 1.165) is 36.1 Å². The summed E-state index contributed by atoms with van der Waals surface area (Å²) in [5.74, 6) is 0. The van der Waals surface area contributed by atoms with Gasteiger partial charge in [0.05, 0.1) is 0 Å². The maximum Gasteiger partial charge on any atom is 0.310 e. The summed E-state index contributed by atoms with van der Waals surface area (Å²) in [6.45, 7) is 3.54. The molecule has 0 saturated carbocycles. The lowest BCUT2D eigenvalue weighted by Crippen LogP contribution is -2.22. The van der Waals surface area contributed by atoms with Gasteiger partial charge >= 0.3 is 9.28 Å². The van der Waals surface area contributed by atoms with Crippen LogP contribution in [0.5, 0.6) is 0 Å². The van der Waals surface area contributed by atoms with Gasteiger partial charge in [0.1, 0.15) is 10.5 Å². The van der Waals surface area contributed by atoms with Crippen LogP contribution in [0.4, 0.5) is 0 Å². The lowest BCUT2D eigenvalue weighted by Gasteiger charge is -2.11. The van der Waals surface area contributed by atoms with Crippen LogP contribution >= 0.6 is 0 Å². The van der Waals surface area contributed by atoms with Crippen LogP contribution in [0, 0.1) is 0 Å². The van der Waals surface area contributed by atoms with E-state index in [1.165, 1.54) is 0 Å². The Labute approximate surface area is 67.3 Å². The first-order chi connectivity index (χ1) is 4.85. The number of hydrogen-bond donors (Lipinski definition) is 1. The van der Waals surface area contributed by atoms with Crippen molar-refractivity contribution in [3.63, 3.8) is 0 Å². The fourth-order valence-electron chi connectivity index (χ4n) is 0.740. The molecule has 1 unspecified atom stereocenters. The Balaban J connectivity index is 3.21. The van der Waals surface area contributed by atoms with Crippen LogP contribution in [0.25, 0.3) is 0 Å². The first-order valence-electron chi connectivity index (χ1n) is 3.69. The highest BCUT2D eigenvalue weighted by atomic mass is 28.3. The summed E-state index contributed by atoms with van der Waals surface area (Å²) in [5.41, 5.74) is 5.35.